The van der Waals surface area contributed by atoms with Crippen LogP contribution in [-0.4, -0.2) is 29.8 Å². The van der Waals surface area contributed by atoms with Crippen LogP contribution in [0.15, 0.2) is 0 Å². The van der Waals surface area contributed by atoms with E-state index in [1.165, 1.54) is 25.7 Å². The zero-order chi connectivity index (χ0) is 10.8. The van der Waals surface area contributed by atoms with Crippen LogP contribution in [0.3, 0.4) is 0 Å². The van der Waals surface area contributed by atoms with Gasteiger partial charge in [-0.2, -0.15) is 0 Å². The number of likely N-dealkylation sites (tertiary alicyclic amines) is 1. The lowest BCUT2D eigenvalue weighted by Gasteiger charge is -2.42. The minimum Gasteiger partial charge on any atom is -0.300 e. The van der Waals surface area contributed by atoms with Crippen LogP contribution in [-0.2, 0) is 4.79 Å². The summed E-state index contributed by atoms with van der Waals surface area (Å²) in [5.41, 5.74) is 0. The van der Waals surface area contributed by atoms with E-state index in [4.69, 9.17) is 0 Å². The van der Waals surface area contributed by atoms with Crippen molar-refractivity contribution in [3.8, 4) is 0 Å². The molecule has 0 aromatic carbocycles. The third-order valence-corrected chi connectivity index (χ3v) is 4.02. The molecule has 2 heteroatoms. The fraction of sp³-hybridized carbons (Fsp3) is 0.923. The fourth-order valence-electron chi connectivity index (χ4n) is 2.86. The molecule has 0 amide bonds. The lowest BCUT2D eigenvalue weighted by atomic mass is 9.88. The summed E-state index contributed by atoms with van der Waals surface area (Å²) in [5, 5.41) is 0. The van der Waals surface area contributed by atoms with Crippen LogP contribution in [0.5, 0.6) is 0 Å². The Balaban J connectivity index is 1.68. The summed E-state index contributed by atoms with van der Waals surface area (Å²) in [4.78, 5) is 14.4. The van der Waals surface area contributed by atoms with E-state index < -0.39 is 0 Å². The van der Waals surface area contributed by atoms with Gasteiger partial charge in [-0.05, 0) is 32.6 Å². The first-order valence-electron chi connectivity index (χ1n) is 6.43. The number of carbonyl (C=O) groups is 1. The molecular formula is C13H23NO. The summed E-state index contributed by atoms with van der Waals surface area (Å²) < 4.78 is 0. The molecular weight excluding hydrogens is 186 g/mol. The first kappa shape index (κ1) is 11.1. The molecule has 1 saturated heterocycles. The molecule has 1 heterocycles. The predicted octanol–water partition coefficient (Wildman–Crippen LogP) is 2.48. The van der Waals surface area contributed by atoms with Crippen LogP contribution < -0.4 is 0 Å². The maximum absolute atomic E-state index is 11.9. The highest BCUT2D eigenvalue weighted by atomic mass is 16.1. The second-order valence-corrected chi connectivity index (χ2v) is 5.57. The van der Waals surface area contributed by atoms with Gasteiger partial charge >= 0.3 is 0 Å². The Hall–Kier alpha value is -0.370. The third-order valence-electron chi connectivity index (χ3n) is 4.02. The zero-order valence-corrected chi connectivity index (χ0v) is 10.0. The Morgan fingerprint density at radius 3 is 2.40 bits per heavy atom. The number of nitrogens with zero attached hydrogens (tertiary/aromatic N) is 1. The standard InChI is InChI=1S/C13H23NO/c1-10(2)14-8-11(9-14)7-13(15)12-5-3-4-6-12/h10-12H,3-9H2,1-2H3. The molecule has 2 aliphatic rings. The average molecular weight is 209 g/mol. The van der Waals surface area contributed by atoms with Crippen molar-refractivity contribution in [2.24, 2.45) is 11.8 Å². The molecule has 2 nitrogen and oxygen atoms in total. The topological polar surface area (TPSA) is 20.3 Å². The van der Waals surface area contributed by atoms with Crippen LogP contribution in [0, 0.1) is 11.8 Å². The van der Waals surface area contributed by atoms with Crippen molar-refractivity contribution >= 4 is 5.78 Å². The molecule has 2 rings (SSSR count). The van der Waals surface area contributed by atoms with Crippen molar-refractivity contribution in [2.75, 3.05) is 13.1 Å². The molecule has 0 bridgehead atoms. The van der Waals surface area contributed by atoms with Gasteiger partial charge in [-0.25, -0.2) is 0 Å². The Kier molecular flexibility index (Phi) is 3.45. The van der Waals surface area contributed by atoms with Gasteiger partial charge in [0.2, 0.25) is 0 Å². The molecule has 1 saturated carbocycles. The summed E-state index contributed by atoms with van der Waals surface area (Å²) in [6.45, 7) is 6.76. The molecule has 0 spiro atoms. The second kappa shape index (κ2) is 4.65. The van der Waals surface area contributed by atoms with Crippen molar-refractivity contribution in [3.05, 3.63) is 0 Å². The average Bonchev–Trinajstić information content (AvgIpc) is 2.61. The Morgan fingerprint density at radius 2 is 1.87 bits per heavy atom. The Bertz CT molecular complexity index is 225. The number of hydrogen-bond acceptors (Lipinski definition) is 2. The molecule has 0 radical (unpaired) electrons. The summed E-state index contributed by atoms with van der Waals surface area (Å²) in [5.74, 6) is 1.65. The van der Waals surface area contributed by atoms with E-state index >= 15 is 0 Å². The van der Waals surface area contributed by atoms with Crippen LogP contribution in [0.25, 0.3) is 0 Å². The van der Waals surface area contributed by atoms with Gasteiger partial charge in [0.1, 0.15) is 5.78 Å². The first-order valence-corrected chi connectivity index (χ1v) is 6.43. The normalized spacial score (nSPS) is 24.7. The highest BCUT2D eigenvalue weighted by molar-refractivity contribution is 5.81. The first-order chi connectivity index (χ1) is 7.16. The minimum absolute atomic E-state index is 0.429. The lowest BCUT2D eigenvalue weighted by Crippen LogP contribution is -2.50. The molecule has 0 aromatic rings. The monoisotopic (exact) mass is 209 g/mol. The smallest absolute Gasteiger partial charge is 0.136 e. The maximum atomic E-state index is 11.9. The molecule has 0 aromatic heterocycles. The van der Waals surface area contributed by atoms with Crippen molar-refractivity contribution in [3.63, 3.8) is 0 Å². The molecule has 15 heavy (non-hydrogen) atoms. The van der Waals surface area contributed by atoms with Crippen molar-refractivity contribution in [2.45, 2.75) is 52.0 Å². The van der Waals surface area contributed by atoms with Gasteiger partial charge in [-0.15, -0.1) is 0 Å². The van der Waals surface area contributed by atoms with Gasteiger partial charge in [0, 0.05) is 31.5 Å². The summed E-state index contributed by atoms with van der Waals surface area (Å²) >= 11 is 0. The largest absolute Gasteiger partial charge is 0.300 e. The summed E-state index contributed by atoms with van der Waals surface area (Å²) in [6, 6.07) is 0.655. The molecule has 0 unspecified atom stereocenters. The van der Waals surface area contributed by atoms with E-state index in [-0.39, 0.29) is 0 Å². The van der Waals surface area contributed by atoms with E-state index in [1.54, 1.807) is 0 Å². The molecule has 86 valence electrons. The van der Waals surface area contributed by atoms with Crippen LogP contribution in [0.2, 0.25) is 0 Å². The van der Waals surface area contributed by atoms with E-state index in [2.05, 4.69) is 18.7 Å². The minimum atomic E-state index is 0.429. The zero-order valence-electron chi connectivity index (χ0n) is 10.0. The molecule has 2 fully saturated rings. The molecule has 0 N–H and O–H groups in total. The van der Waals surface area contributed by atoms with Gasteiger partial charge < -0.3 is 4.90 Å². The molecule has 0 atom stereocenters. The Labute approximate surface area is 93.0 Å². The number of rotatable bonds is 4. The van der Waals surface area contributed by atoms with E-state index in [9.17, 15) is 4.79 Å². The van der Waals surface area contributed by atoms with Crippen LogP contribution in [0.4, 0.5) is 0 Å². The van der Waals surface area contributed by atoms with E-state index in [0.29, 0.717) is 23.7 Å². The van der Waals surface area contributed by atoms with Gasteiger partial charge in [0.25, 0.3) is 0 Å². The Morgan fingerprint density at radius 1 is 1.27 bits per heavy atom. The van der Waals surface area contributed by atoms with Crippen molar-refractivity contribution in [1.82, 2.24) is 4.90 Å². The number of carbonyl (C=O) groups excluding carboxylic acids is 1. The van der Waals surface area contributed by atoms with E-state index in [0.717, 1.165) is 19.5 Å². The van der Waals surface area contributed by atoms with Gasteiger partial charge in [0.05, 0.1) is 0 Å². The number of hydrogen-bond donors (Lipinski definition) is 0. The van der Waals surface area contributed by atoms with E-state index in [1.807, 2.05) is 0 Å². The SMILES string of the molecule is CC(C)N1CC(CC(=O)C2CCCC2)C1. The second-order valence-electron chi connectivity index (χ2n) is 5.57. The summed E-state index contributed by atoms with van der Waals surface area (Å²) in [6.07, 6.45) is 5.74. The van der Waals surface area contributed by atoms with Crippen LogP contribution in [0.1, 0.15) is 46.0 Å². The third kappa shape index (κ3) is 2.60. The van der Waals surface area contributed by atoms with Gasteiger partial charge in [-0.3, -0.25) is 4.79 Å². The molecule has 1 aliphatic carbocycles. The summed E-state index contributed by atoms with van der Waals surface area (Å²) in [7, 11) is 0. The highest BCUT2D eigenvalue weighted by Crippen LogP contribution is 2.30. The maximum Gasteiger partial charge on any atom is 0.136 e. The fourth-order valence-corrected chi connectivity index (χ4v) is 2.86. The predicted molar refractivity (Wildman–Crippen MR) is 61.8 cm³/mol. The quantitative estimate of drug-likeness (QED) is 0.709. The molecule has 1 aliphatic heterocycles. The van der Waals surface area contributed by atoms with Crippen molar-refractivity contribution in [1.29, 1.82) is 0 Å². The highest BCUT2D eigenvalue weighted by Gasteiger charge is 2.32. The van der Waals surface area contributed by atoms with Crippen LogP contribution >= 0.6 is 0 Å². The number of ketones is 1. The number of Topliss-reactive ketones (excluding diaryl/α,β-unsaturated/α-hetero) is 1. The van der Waals surface area contributed by atoms with Gasteiger partial charge in [0.15, 0.2) is 0 Å². The van der Waals surface area contributed by atoms with Gasteiger partial charge in [-0.1, -0.05) is 12.8 Å². The van der Waals surface area contributed by atoms with Crippen molar-refractivity contribution < 1.29 is 4.79 Å². The lowest BCUT2D eigenvalue weighted by molar-refractivity contribution is -0.125.